The number of carbonyl (C=O) groups is 1. The predicted molar refractivity (Wildman–Crippen MR) is 109 cm³/mol. The second-order valence-electron chi connectivity index (χ2n) is 7.48. The third kappa shape index (κ3) is 3.35. The van der Waals surface area contributed by atoms with Gasteiger partial charge in [0.2, 0.25) is 5.78 Å². The summed E-state index contributed by atoms with van der Waals surface area (Å²) in [6, 6.07) is 12.0. The lowest BCUT2D eigenvalue weighted by molar-refractivity contribution is 0.0876. The van der Waals surface area contributed by atoms with Gasteiger partial charge in [-0.15, -0.1) is 0 Å². The normalized spacial score (nSPS) is 16.7. The molecule has 150 valence electrons. The summed E-state index contributed by atoms with van der Waals surface area (Å²) in [5, 5.41) is 0. The molecule has 2 aliphatic rings. The number of aromatic nitrogens is 1. The molecule has 0 N–H and O–H groups in total. The Kier molecular flexibility index (Phi) is 4.56. The molecule has 0 saturated heterocycles. The van der Waals surface area contributed by atoms with E-state index in [4.69, 9.17) is 9.47 Å². The Bertz CT molecular complexity index is 1160. The lowest BCUT2D eigenvalue weighted by Crippen LogP contribution is -2.32. The molecule has 0 bridgehead atoms. The first-order valence-electron chi connectivity index (χ1n) is 9.69. The van der Waals surface area contributed by atoms with Crippen LogP contribution in [0.4, 0.5) is 4.39 Å². The number of benzene rings is 2. The molecule has 0 unspecified atom stereocenters. The summed E-state index contributed by atoms with van der Waals surface area (Å²) in [5.41, 5.74) is 4.12. The van der Waals surface area contributed by atoms with E-state index in [2.05, 4.69) is 9.88 Å². The van der Waals surface area contributed by atoms with Crippen molar-refractivity contribution < 1.29 is 18.7 Å². The lowest BCUT2D eigenvalue weighted by atomic mass is 10.00. The highest BCUT2D eigenvalue weighted by Crippen LogP contribution is 2.43. The first-order chi connectivity index (χ1) is 14.6. The Morgan fingerprint density at radius 2 is 2.03 bits per heavy atom. The number of ether oxygens (including phenoxy) is 2. The van der Waals surface area contributed by atoms with Gasteiger partial charge in [-0.05, 0) is 48.4 Å². The third-order valence-electron chi connectivity index (χ3n) is 5.30. The van der Waals surface area contributed by atoms with Crippen molar-refractivity contribution in [2.24, 2.45) is 0 Å². The van der Waals surface area contributed by atoms with Crippen LogP contribution in [0.2, 0.25) is 0 Å². The van der Waals surface area contributed by atoms with Crippen molar-refractivity contribution in [3.63, 3.8) is 0 Å². The van der Waals surface area contributed by atoms with Crippen LogP contribution in [0, 0.1) is 12.7 Å². The molecule has 0 radical (unpaired) electrons. The number of fused-ring (bicyclic) bond motifs is 2. The molecule has 2 aromatic carbocycles. The number of pyridine rings is 1. The molecule has 0 spiro atoms. The standard InChI is InChI=1S/C24H19FN2O3/c1-15-23-18(13-27(14-29-23)12-16-4-6-19(25)7-5-16)10-20-22(28)21(30-24(15)20)9-17-3-2-8-26-11-17/h2-11H,12-14H2,1H3/b21-9-. The number of Topliss-reactive ketones (excluding diaryl/α,β-unsaturated/α-hetero) is 1. The van der Waals surface area contributed by atoms with E-state index >= 15 is 0 Å². The van der Waals surface area contributed by atoms with E-state index in [1.54, 1.807) is 30.6 Å². The van der Waals surface area contributed by atoms with Crippen LogP contribution in [-0.4, -0.2) is 22.4 Å². The summed E-state index contributed by atoms with van der Waals surface area (Å²) < 4.78 is 25.1. The summed E-state index contributed by atoms with van der Waals surface area (Å²) in [6.07, 6.45) is 5.07. The minimum absolute atomic E-state index is 0.143. The molecule has 6 heteroatoms. The van der Waals surface area contributed by atoms with Crippen LogP contribution in [0.5, 0.6) is 11.5 Å². The van der Waals surface area contributed by atoms with Crippen LogP contribution in [-0.2, 0) is 13.1 Å². The van der Waals surface area contributed by atoms with Gasteiger partial charge in [0.1, 0.15) is 24.0 Å². The Balaban J connectivity index is 1.42. The van der Waals surface area contributed by atoms with Gasteiger partial charge in [-0.25, -0.2) is 4.39 Å². The number of halogens is 1. The molecule has 0 atom stereocenters. The van der Waals surface area contributed by atoms with Crippen molar-refractivity contribution >= 4 is 11.9 Å². The van der Waals surface area contributed by atoms with Crippen molar-refractivity contribution in [1.29, 1.82) is 0 Å². The maximum absolute atomic E-state index is 13.1. The van der Waals surface area contributed by atoms with Gasteiger partial charge in [-0.1, -0.05) is 18.2 Å². The van der Waals surface area contributed by atoms with E-state index in [9.17, 15) is 9.18 Å². The third-order valence-corrected chi connectivity index (χ3v) is 5.30. The van der Waals surface area contributed by atoms with Crippen molar-refractivity contribution in [2.75, 3.05) is 6.73 Å². The highest BCUT2D eigenvalue weighted by Gasteiger charge is 2.33. The number of hydrogen-bond donors (Lipinski definition) is 0. The van der Waals surface area contributed by atoms with Crippen LogP contribution in [0.1, 0.15) is 32.6 Å². The first kappa shape index (κ1) is 18.5. The van der Waals surface area contributed by atoms with Gasteiger partial charge in [-0.2, -0.15) is 0 Å². The van der Waals surface area contributed by atoms with Crippen LogP contribution >= 0.6 is 0 Å². The van der Waals surface area contributed by atoms with Gasteiger partial charge in [-0.3, -0.25) is 14.7 Å². The highest BCUT2D eigenvalue weighted by molar-refractivity contribution is 6.15. The molecular formula is C24H19FN2O3. The van der Waals surface area contributed by atoms with Crippen molar-refractivity contribution in [3.05, 3.63) is 94.3 Å². The van der Waals surface area contributed by atoms with E-state index in [-0.39, 0.29) is 17.4 Å². The Labute approximate surface area is 173 Å². The second kappa shape index (κ2) is 7.39. The first-order valence-corrected chi connectivity index (χ1v) is 9.69. The van der Waals surface area contributed by atoms with E-state index in [1.807, 2.05) is 25.1 Å². The SMILES string of the molecule is Cc1c2c(cc3c1O/C(=C\c1cccnc1)C3=O)CN(Cc1ccc(F)cc1)CO2. The number of carbonyl (C=O) groups excluding carboxylic acids is 1. The topological polar surface area (TPSA) is 51.7 Å². The number of rotatable bonds is 3. The largest absolute Gasteiger partial charge is 0.477 e. The molecule has 5 rings (SSSR count). The Hall–Kier alpha value is -3.51. The van der Waals surface area contributed by atoms with Crippen molar-refractivity contribution in [1.82, 2.24) is 9.88 Å². The van der Waals surface area contributed by atoms with Gasteiger partial charge in [0.25, 0.3) is 0 Å². The number of nitrogens with zero attached hydrogens (tertiary/aromatic N) is 2. The maximum atomic E-state index is 13.1. The summed E-state index contributed by atoms with van der Waals surface area (Å²) in [4.78, 5) is 19.1. The van der Waals surface area contributed by atoms with E-state index in [0.717, 1.165) is 28.0 Å². The quantitative estimate of drug-likeness (QED) is 0.604. The summed E-state index contributed by atoms with van der Waals surface area (Å²) >= 11 is 0. The van der Waals surface area contributed by atoms with E-state index in [0.29, 0.717) is 31.1 Å². The molecule has 0 fully saturated rings. The average molecular weight is 402 g/mol. The Morgan fingerprint density at radius 1 is 1.20 bits per heavy atom. The van der Waals surface area contributed by atoms with Crippen LogP contribution in [0.25, 0.3) is 6.08 Å². The zero-order valence-corrected chi connectivity index (χ0v) is 16.4. The Morgan fingerprint density at radius 3 is 2.80 bits per heavy atom. The second-order valence-corrected chi connectivity index (χ2v) is 7.48. The van der Waals surface area contributed by atoms with Crippen LogP contribution < -0.4 is 9.47 Å². The van der Waals surface area contributed by atoms with Gasteiger partial charge < -0.3 is 9.47 Å². The minimum atomic E-state index is -0.251. The van der Waals surface area contributed by atoms with Gasteiger partial charge in [0.05, 0.1) is 5.56 Å². The van der Waals surface area contributed by atoms with Gasteiger partial charge >= 0.3 is 0 Å². The number of hydrogen-bond acceptors (Lipinski definition) is 5. The summed E-state index contributed by atoms with van der Waals surface area (Å²) in [6.45, 7) is 3.59. The molecule has 3 heterocycles. The minimum Gasteiger partial charge on any atom is -0.477 e. The van der Waals surface area contributed by atoms with Crippen molar-refractivity contribution in [2.45, 2.75) is 20.0 Å². The number of allylic oxidation sites excluding steroid dienone is 1. The predicted octanol–water partition coefficient (Wildman–Crippen LogP) is 4.50. The van der Waals surface area contributed by atoms with Gasteiger partial charge in [0.15, 0.2) is 5.76 Å². The number of ketones is 1. The zero-order valence-electron chi connectivity index (χ0n) is 16.4. The molecular weight excluding hydrogens is 383 g/mol. The fourth-order valence-corrected chi connectivity index (χ4v) is 3.86. The average Bonchev–Trinajstić information content (AvgIpc) is 3.06. The highest BCUT2D eigenvalue weighted by atomic mass is 19.1. The van der Waals surface area contributed by atoms with E-state index in [1.165, 1.54) is 12.1 Å². The summed E-state index contributed by atoms with van der Waals surface area (Å²) in [5.74, 6) is 1.21. The van der Waals surface area contributed by atoms with E-state index < -0.39 is 0 Å². The van der Waals surface area contributed by atoms with Crippen molar-refractivity contribution in [3.8, 4) is 11.5 Å². The van der Waals surface area contributed by atoms with Crippen LogP contribution in [0.15, 0.2) is 60.6 Å². The maximum Gasteiger partial charge on any atom is 0.231 e. The lowest BCUT2D eigenvalue weighted by Gasteiger charge is -2.30. The molecule has 30 heavy (non-hydrogen) atoms. The fourth-order valence-electron chi connectivity index (χ4n) is 3.86. The molecule has 5 nitrogen and oxygen atoms in total. The molecule has 0 saturated carbocycles. The zero-order chi connectivity index (χ0) is 20.7. The monoisotopic (exact) mass is 402 g/mol. The molecule has 2 aliphatic heterocycles. The molecule has 1 aromatic heterocycles. The van der Waals surface area contributed by atoms with Crippen LogP contribution in [0.3, 0.4) is 0 Å². The van der Waals surface area contributed by atoms with Gasteiger partial charge in [0, 0.05) is 36.6 Å². The smallest absolute Gasteiger partial charge is 0.231 e. The molecule has 0 amide bonds. The summed E-state index contributed by atoms with van der Waals surface area (Å²) in [7, 11) is 0. The molecule has 0 aliphatic carbocycles. The fraction of sp³-hybridized carbons (Fsp3) is 0.167. The molecule has 3 aromatic rings.